The van der Waals surface area contributed by atoms with Gasteiger partial charge in [-0.2, -0.15) is 0 Å². The number of unbranched alkanes of at least 4 members (excludes halogenated alkanes) is 1. The highest BCUT2D eigenvalue weighted by atomic mass is 16.4. The van der Waals surface area contributed by atoms with Gasteiger partial charge in [0.05, 0.1) is 6.04 Å². The van der Waals surface area contributed by atoms with Crippen LogP contribution in [0.1, 0.15) is 51.5 Å². The first kappa shape index (κ1) is 28.3. The molecule has 1 saturated heterocycles. The molecule has 7 N–H and O–H groups in total. The van der Waals surface area contributed by atoms with Gasteiger partial charge in [-0.15, -0.1) is 0 Å². The predicted molar refractivity (Wildman–Crippen MR) is 132 cm³/mol. The molecule has 3 amide bonds. The highest BCUT2D eigenvalue weighted by molar-refractivity contribution is 5.94. The SMILES string of the molecule is CC(C)C(NC(=O)C(CCCCN)NC(=O)C1CCCN1)C(=O)NC(Cc1ccccc1)C(=O)O. The van der Waals surface area contributed by atoms with E-state index in [0.717, 1.165) is 18.5 Å². The number of carbonyl (C=O) groups excluding carboxylic acids is 3. The lowest BCUT2D eigenvalue weighted by Gasteiger charge is -2.27. The third-order valence-electron chi connectivity index (χ3n) is 6.10. The van der Waals surface area contributed by atoms with Crippen molar-refractivity contribution in [3.8, 4) is 0 Å². The first-order valence-electron chi connectivity index (χ1n) is 12.3. The average Bonchev–Trinajstić information content (AvgIpc) is 3.37. The normalized spacial score (nSPS) is 17.9. The fourth-order valence-electron chi connectivity index (χ4n) is 4.04. The van der Waals surface area contributed by atoms with Crippen molar-refractivity contribution in [1.82, 2.24) is 21.3 Å². The Morgan fingerprint density at radius 2 is 1.74 bits per heavy atom. The Balaban J connectivity index is 2.07. The van der Waals surface area contributed by atoms with Crippen LogP contribution in [0.5, 0.6) is 0 Å². The molecule has 0 radical (unpaired) electrons. The number of benzene rings is 1. The summed E-state index contributed by atoms with van der Waals surface area (Å²) in [7, 11) is 0. The zero-order chi connectivity index (χ0) is 25.8. The summed E-state index contributed by atoms with van der Waals surface area (Å²) < 4.78 is 0. The first-order chi connectivity index (χ1) is 16.7. The number of rotatable bonds is 14. The van der Waals surface area contributed by atoms with E-state index in [2.05, 4.69) is 21.3 Å². The Labute approximate surface area is 206 Å². The van der Waals surface area contributed by atoms with E-state index in [1.165, 1.54) is 0 Å². The van der Waals surface area contributed by atoms with Gasteiger partial charge in [0.1, 0.15) is 18.1 Å². The molecule has 10 heteroatoms. The number of nitrogens with one attached hydrogen (secondary N) is 4. The minimum absolute atomic E-state index is 0.118. The van der Waals surface area contributed by atoms with Crippen molar-refractivity contribution in [2.45, 2.75) is 76.5 Å². The van der Waals surface area contributed by atoms with E-state index in [1.807, 2.05) is 6.07 Å². The number of nitrogens with two attached hydrogens (primary N) is 1. The molecule has 1 aromatic carbocycles. The molecular weight excluding hydrogens is 450 g/mol. The van der Waals surface area contributed by atoms with Gasteiger partial charge in [-0.05, 0) is 56.7 Å². The molecule has 4 unspecified atom stereocenters. The molecule has 1 heterocycles. The summed E-state index contributed by atoms with van der Waals surface area (Å²) in [4.78, 5) is 50.6. The topological polar surface area (TPSA) is 163 Å². The molecule has 1 aromatic rings. The maximum Gasteiger partial charge on any atom is 0.326 e. The van der Waals surface area contributed by atoms with Crippen LogP contribution in [-0.2, 0) is 25.6 Å². The number of hydrogen-bond donors (Lipinski definition) is 6. The minimum Gasteiger partial charge on any atom is -0.480 e. The molecule has 0 aromatic heterocycles. The van der Waals surface area contributed by atoms with E-state index in [4.69, 9.17) is 5.73 Å². The van der Waals surface area contributed by atoms with Gasteiger partial charge < -0.3 is 32.1 Å². The van der Waals surface area contributed by atoms with Gasteiger partial charge in [0.15, 0.2) is 0 Å². The molecule has 1 fully saturated rings. The molecule has 0 spiro atoms. The zero-order valence-corrected chi connectivity index (χ0v) is 20.6. The van der Waals surface area contributed by atoms with Gasteiger partial charge >= 0.3 is 5.97 Å². The lowest BCUT2D eigenvalue weighted by molar-refractivity contribution is -0.142. The van der Waals surface area contributed by atoms with Crippen molar-refractivity contribution in [3.05, 3.63) is 35.9 Å². The fourth-order valence-corrected chi connectivity index (χ4v) is 4.04. The molecule has 4 atom stereocenters. The number of carboxylic acids is 1. The smallest absolute Gasteiger partial charge is 0.326 e. The van der Waals surface area contributed by atoms with Gasteiger partial charge in [-0.25, -0.2) is 4.79 Å². The van der Waals surface area contributed by atoms with Gasteiger partial charge in [0.2, 0.25) is 17.7 Å². The molecule has 10 nitrogen and oxygen atoms in total. The zero-order valence-electron chi connectivity index (χ0n) is 20.6. The first-order valence-corrected chi connectivity index (χ1v) is 12.3. The summed E-state index contributed by atoms with van der Waals surface area (Å²) in [6.07, 6.45) is 3.45. The number of carbonyl (C=O) groups is 4. The van der Waals surface area contributed by atoms with E-state index in [9.17, 15) is 24.3 Å². The lowest BCUT2D eigenvalue weighted by Crippen LogP contribution is -2.58. The van der Waals surface area contributed by atoms with E-state index in [1.54, 1.807) is 38.1 Å². The average molecular weight is 490 g/mol. The number of amides is 3. The number of hydrogen-bond acceptors (Lipinski definition) is 6. The Hall–Kier alpha value is -2.98. The summed E-state index contributed by atoms with van der Waals surface area (Å²) >= 11 is 0. The monoisotopic (exact) mass is 489 g/mol. The largest absolute Gasteiger partial charge is 0.480 e. The second kappa shape index (κ2) is 14.4. The summed E-state index contributed by atoms with van der Waals surface area (Å²) in [5.74, 6) is -2.76. The molecule has 2 rings (SSSR count). The van der Waals surface area contributed by atoms with E-state index in [0.29, 0.717) is 32.2 Å². The molecule has 1 aliphatic heterocycles. The van der Waals surface area contributed by atoms with Crippen molar-refractivity contribution in [2.24, 2.45) is 11.7 Å². The fraction of sp³-hybridized carbons (Fsp3) is 0.600. The van der Waals surface area contributed by atoms with Crippen LogP contribution in [0.3, 0.4) is 0 Å². The summed E-state index contributed by atoms with van der Waals surface area (Å²) in [5.41, 5.74) is 6.35. The predicted octanol–water partition coefficient (Wildman–Crippen LogP) is 0.305. The van der Waals surface area contributed by atoms with Gasteiger partial charge in [-0.3, -0.25) is 14.4 Å². The Morgan fingerprint density at radius 1 is 1.03 bits per heavy atom. The minimum atomic E-state index is -1.16. The van der Waals surface area contributed by atoms with E-state index >= 15 is 0 Å². The van der Waals surface area contributed by atoms with Gasteiger partial charge in [0.25, 0.3) is 0 Å². The third kappa shape index (κ3) is 9.29. The lowest BCUT2D eigenvalue weighted by atomic mass is 10.00. The second-order valence-electron chi connectivity index (χ2n) is 9.31. The van der Waals surface area contributed by atoms with E-state index < -0.39 is 35.9 Å². The standard InChI is InChI=1S/C25H39N5O5/c1-16(2)21(24(33)29-20(25(34)35)15-17-9-4-3-5-10-17)30-23(32)19(11-6-7-13-26)28-22(31)18-12-8-14-27-18/h3-5,9-10,16,18-21,27H,6-8,11-15,26H2,1-2H3,(H,28,31)(H,29,33)(H,30,32)(H,34,35). The van der Waals surface area contributed by atoms with Crippen molar-refractivity contribution in [1.29, 1.82) is 0 Å². The maximum atomic E-state index is 13.1. The molecule has 0 aliphatic carbocycles. The van der Waals surface area contributed by atoms with Crippen LogP contribution in [0.2, 0.25) is 0 Å². The molecule has 0 saturated carbocycles. The van der Waals surface area contributed by atoms with Crippen LogP contribution in [0.15, 0.2) is 30.3 Å². The number of aliphatic carboxylic acids is 1. The Morgan fingerprint density at radius 3 is 2.31 bits per heavy atom. The second-order valence-corrected chi connectivity index (χ2v) is 9.31. The van der Waals surface area contributed by atoms with Crippen molar-refractivity contribution >= 4 is 23.7 Å². The molecule has 1 aliphatic rings. The van der Waals surface area contributed by atoms with Gasteiger partial charge in [0, 0.05) is 6.42 Å². The summed E-state index contributed by atoms with van der Waals surface area (Å²) in [5, 5.41) is 20.9. The summed E-state index contributed by atoms with van der Waals surface area (Å²) in [6, 6.07) is 5.75. The van der Waals surface area contributed by atoms with Crippen LogP contribution < -0.4 is 27.0 Å². The quantitative estimate of drug-likeness (QED) is 0.205. The molecule has 35 heavy (non-hydrogen) atoms. The summed E-state index contributed by atoms with van der Waals surface area (Å²) in [6.45, 7) is 4.76. The molecule has 194 valence electrons. The Bertz CT molecular complexity index is 842. The van der Waals surface area contributed by atoms with Crippen LogP contribution in [0.4, 0.5) is 0 Å². The van der Waals surface area contributed by atoms with Crippen molar-refractivity contribution in [2.75, 3.05) is 13.1 Å². The van der Waals surface area contributed by atoms with Crippen molar-refractivity contribution in [3.63, 3.8) is 0 Å². The van der Waals surface area contributed by atoms with E-state index in [-0.39, 0.29) is 24.3 Å². The highest BCUT2D eigenvalue weighted by Gasteiger charge is 2.32. The molecule has 0 bridgehead atoms. The van der Waals surface area contributed by atoms with Crippen LogP contribution in [-0.4, -0.2) is 66.1 Å². The Kier molecular flexibility index (Phi) is 11.6. The third-order valence-corrected chi connectivity index (χ3v) is 6.10. The highest BCUT2D eigenvalue weighted by Crippen LogP contribution is 2.10. The van der Waals surface area contributed by atoms with Crippen LogP contribution in [0.25, 0.3) is 0 Å². The molecular formula is C25H39N5O5. The number of carboxylic acid groups (broad SMARTS) is 1. The maximum absolute atomic E-state index is 13.1. The van der Waals surface area contributed by atoms with Crippen LogP contribution in [0, 0.1) is 5.92 Å². The van der Waals surface area contributed by atoms with Gasteiger partial charge in [-0.1, -0.05) is 44.2 Å². The van der Waals surface area contributed by atoms with Crippen molar-refractivity contribution < 1.29 is 24.3 Å². The van der Waals surface area contributed by atoms with Crippen LogP contribution >= 0.6 is 0 Å².